The molecule has 6 amide bonds. The van der Waals surface area contributed by atoms with Gasteiger partial charge in [0.25, 0.3) is 35.4 Å². The van der Waals surface area contributed by atoms with Crippen LogP contribution >= 0.6 is 0 Å². The second-order valence-corrected chi connectivity index (χ2v) is 17.3. The van der Waals surface area contributed by atoms with Gasteiger partial charge in [-0.2, -0.15) is 19.0 Å². The number of benzene rings is 4. The number of halogens is 7. The summed E-state index contributed by atoms with van der Waals surface area (Å²) >= 11 is 0. The molecule has 0 saturated heterocycles. The lowest BCUT2D eigenvalue weighted by molar-refractivity contribution is -0.274. The van der Waals surface area contributed by atoms with E-state index in [4.69, 9.17) is 9.47 Å². The summed E-state index contributed by atoms with van der Waals surface area (Å²) in [6, 6.07) is 23.1. The van der Waals surface area contributed by atoms with Gasteiger partial charge in [0.15, 0.2) is 36.1 Å². The topological polar surface area (TPSA) is 272 Å². The lowest BCUT2D eigenvalue weighted by atomic mass is 10.1. The molecule has 2 aliphatic heterocycles. The van der Waals surface area contributed by atoms with Crippen molar-refractivity contribution in [3.63, 3.8) is 0 Å². The monoisotopic (exact) mass is 1110 g/mol. The molecular weight excluding hydrogens is 1070 g/mol. The SMILES string of the molecule is CC(F)(F)Oc1cccc(CNC(=O)c2cc(C(=O)NCc3ccc4c(c3)NC(=O)CO4)nc3c(F)cnn23)c1.O=C1COc2ccc(CNC(=O)c3cc(C(=O)NCc4ccccc4OC(F)(F)F)n4ncc(F)c4n3)cc2N1. The van der Waals surface area contributed by atoms with E-state index in [1.165, 1.54) is 36.4 Å². The normalized spacial score (nSPS) is 12.8. The van der Waals surface area contributed by atoms with E-state index in [9.17, 15) is 59.5 Å². The summed E-state index contributed by atoms with van der Waals surface area (Å²) in [5.74, 6) is -5.03. The highest BCUT2D eigenvalue weighted by Crippen LogP contribution is 2.31. The van der Waals surface area contributed by atoms with Crippen molar-refractivity contribution in [3.8, 4) is 23.0 Å². The fraction of sp³-hybridized carbons (Fsp3) is 0.176. The number of carbonyl (C=O) groups is 6. The molecule has 80 heavy (non-hydrogen) atoms. The number of ether oxygens (including phenoxy) is 4. The van der Waals surface area contributed by atoms with E-state index in [1.54, 1.807) is 42.5 Å². The summed E-state index contributed by atoms with van der Waals surface area (Å²) in [5, 5.41) is 23.2. The first kappa shape index (κ1) is 54.4. The molecule has 0 bridgehead atoms. The average molecular weight is 1110 g/mol. The van der Waals surface area contributed by atoms with Gasteiger partial charge in [0.2, 0.25) is 0 Å². The Morgan fingerprint density at radius 2 is 1.06 bits per heavy atom. The second-order valence-electron chi connectivity index (χ2n) is 17.3. The van der Waals surface area contributed by atoms with E-state index in [0.717, 1.165) is 39.6 Å². The van der Waals surface area contributed by atoms with Gasteiger partial charge in [0.1, 0.15) is 45.8 Å². The highest BCUT2D eigenvalue weighted by molar-refractivity contribution is 6.00. The largest absolute Gasteiger partial charge is 0.573 e. The molecule has 22 nitrogen and oxygen atoms in total. The number of carbonyl (C=O) groups excluding carboxylic acids is 6. The van der Waals surface area contributed by atoms with Gasteiger partial charge in [-0.3, -0.25) is 28.8 Å². The number of fused-ring (bicyclic) bond motifs is 4. The Morgan fingerprint density at radius 3 is 1.56 bits per heavy atom. The van der Waals surface area contributed by atoms with Crippen molar-refractivity contribution in [1.82, 2.24) is 50.5 Å². The van der Waals surface area contributed by atoms with E-state index in [-0.39, 0.29) is 90.9 Å². The molecule has 6 heterocycles. The summed E-state index contributed by atoms with van der Waals surface area (Å²) in [6.07, 6.45) is -6.66. The Morgan fingerprint density at radius 1 is 0.588 bits per heavy atom. The van der Waals surface area contributed by atoms with E-state index >= 15 is 0 Å². The molecule has 10 rings (SSSR count). The van der Waals surface area contributed by atoms with Crippen LogP contribution < -0.4 is 50.8 Å². The smallest absolute Gasteiger partial charge is 0.482 e. The van der Waals surface area contributed by atoms with Crippen LogP contribution in [0.15, 0.2) is 109 Å². The number of amides is 6. The van der Waals surface area contributed by atoms with Crippen LogP contribution in [0, 0.1) is 11.6 Å². The second kappa shape index (κ2) is 22.7. The van der Waals surface area contributed by atoms with Gasteiger partial charge < -0.3 is 50.8 Å². The fourth-order valence-electron chi connectivity index (χ4n) is 7.79. The van der Waals surface area contributed by atoms with Gasteiger partial charge in [-0.25, -0.2) is 27.8 Å². The Balaban J connectivity index is 0.000000194. The number of para-hydroxylation sites is 1. The maximum atomic E-state index is 14.4. The number of anilines is 2. The summed E-state index contributed by atoms with van der Waals surface area (Å²) in [5.41, 5.74) is 0.840. The van der Waals surface area contributed by atoms with Crippen molar-refractivity contribution in [2.75, 3.05) is 23.8 Å². The number of hydrogen-bond donors (Lipinski definition) is 6. The number of rotatable bonds is 15. The van der Waals surface area contributed by atoms with E-state index in [1.807, 2.05) is 0 Å². The number of nitrogens with zero attached hydrogens (tertiary/aromatic N) is 6. The van der Waals surface area contributed by atoms with Gasteiger partial charge in [-0.1, -0.05) is 42.5 Å². The zero-order valence-electron chi connectivity index (χ0n) is 41.0. The third-order valence-corrected chi connectivity index (χ3v) is 11.3. The third kappa shape index (κ3) is 13.2. The van der Waals surface area contributed by atoms with E-state index in [2.05, 4.69) is 61.5 Å². The van der Waals surface area contributed by atoms with Crippen molar-refractivity contribution >= 4 is 58.1 Å². The van der Waals surface area contributed by atoms with E-state index < -0.39 is 59.1 Å². The lowest BCUT2D eigenvalue weighted by Crippen LogP contribution is -2.29. The van der Waals surface area contributed by atoms with Crippen molar-refractivity contribution < 1.29 is 78.4 Å². The zero-order chi connectivity index (χ0) is 56.9. The predicted octanol–water partition coefficient (Wildman–Crippen LogP) is 6.01. The molecule has 0 saturated carbocycles. The molecule has 0 aliphatic carbocycles. The number of aromatic nitrogens is 6. The van der Waals surface area contributed by atoms with Crippen LogP contribution in [0.2, 0.25) is 0 Å². The van der Waals surface area contributed by atoms with E-state index in [0.29, 0.717) is 46.5 Å². The van der Waals surface area contributed by atoms with Gasteiger partial charge in [0, 0.05) is 50.8 Å². The highest BCUT2D eigenvalue weighted by Gasteiger charge is 2.32. The zero-order valence-corrected chi connectivity index (χ0v) is 41.0. The van der Waals surface area contributed by atoms with Crippen molar-refractivity contribution in [2.45, 2.75) is 45.6 Å². The molecular formula is C51H39F7N12O10. The summed E-state index contributed by atoms with van der Waals surface area (Å²) in [4.78, 5) is 82.9. The van der Waals surface area contributed by atoms with Gasteiger partial charge in [0.05, 0.1) is 23.8 Å². The summed E-state index contributed by atoms with van der Waals surface area (Å²) < 4.78 is 114. The molecule has 29 heteroatoms. The molecule has 4 aromatic carbocycles. The molecule has 0 fully saturated rings. The Labute approximate surface area is 444 Å². The minimum atomic E-state index is -4.94. The number of alkyl halides is 5. The average Bonchev–Trinajstić information content (AvgIpc) is 4.05. The van der Waals surface area contributed by atoms with Crippen LogP contribution in [0.3, 0.4) is 0 Å². The maximum Gasteiger partial charge on any atom is 0.573 e. The molecule has 0 atom stereocenters. The first-order valence-corrected chi connectivity index (χ1v) is 23.4. The first-order valence-electron chi connectivity index (χ1n) is 23.4. The van der Waals surface area contributed by atoms with Crippen LogP contribution in [0.25, 0.3) is 11.3 Å². The highest BCUT2D eigenvalue weighted by atomic mass is 19.4. The van der Waals surface area contributed by atoms with Gasteiger partial charge >= 0.3 is 12.5 Å². The fourth-order valence-corrected chi connectivity index (χ4v) is 7.79. The lowest BCUT2D eigenvalue weighted by Gasteiger charge is -2.18. The summed E-state index contributed by atoms with van der Waals surface area (Å²) in [6.45, 7) is -0.0174. The molecule has 6 N–H and O–H groups in total. The molecule has 4 aromatic heterocycles. The van der Waals surface area contributed by atoms with Crippen LogP contribution in [-0.4, -0.2) is 90.3 Å². The Hall–Kier alpha value is -10.4. The van der Waals surface area contributed by atoms with Crippen LogP contribution in [0.4, 0.5) is 42.1 Å². The minimum absolute atomic E-state index is 0.00585. The molecule has 8 aromatic rings. The standard InChI is InChI=1S/C26H21F3N6O5.C25H18F4N6O5/c1-26(28,29)40-16-4-2-3-14(7-16)10-31-25(38)20-9-19(34-23-17(27)12-32-35(20)23)24(37)30-11-15-5-6-21-18(8-15)33-22(36)13-39-21;26-15-11-32-35-18(24(38)31-10-14-3-1-2-4-19(14)40-25(27,28)29)8-17(34-22(15)35)23(37)30-9-13-5-6-20-16(7-13)33-21(36)12-39-20/h2-9,12H,10-11,13H2,1H3,(H,30,37)(H,31,38)(H,33,36);1-8,11H,9-10,12H2,(H,30,37)(H,31,38)(H,33,36). The quantitative estimate of drug-likeness (QED) is 0.0642. The molecule has 0 unspecified atom stereocenters. The van der Waals surface area contributed by atoms with Gasteiger partial charge in [-0.05, 0) is 59.2 Å². The third-order valence-electron chi connectivity index (χ3n) is 11.3. The van der Waals surface area contributed by atoms with Crippen molar-refractivity contribution in [2.24, 2.45) is 0 Å². The van der Waals surface area contributed by atoms with Crippen LogP contribution in [0.5, 0.6) is 23.0 Å². The van der Waals surface area contributed by atoms with Crippen molar-refractivity contribution in [3.05, 3.63) is 166 Å². The van der Waals surface area contributed by atoms with Crippen molar-refractivity contribution in [1.29, 1.82) is 0 Å². The number of hydrogen-bond acceptors (Lipinski definition) is 14. The van der Waals surface area contributed by atoms with Crippen LogP contribution in [0.1, 0.15) is 71.1 Å². The first-order chi connectivity index (χ1) is 38.1. The van der Waals surface area contributed by atoms with Gasteiger partial charge in [-0.15, -0.1) is 13.2 Å². The Bertz CT molecular complexity index is 3760. The summed E-state index contributed by atoms with van der Waals surface area (Å²) in [7, 11) is 0. The predicted molar refractivity (Wildman–Crippen MR) is 263 cm³/mol. The molecule has 2 aliphatic rings. The number of nitrogens with one attached hydrogen (secondary N) is 6. The van der Waals surface area contributed by atoms with Crippen LogP contribution in [-0.2, 0) is 35.8 Å². The Kier molecular flexibility index (Phi) is 15.4. The minimum Gasteiger partial charge on any atom is -0.482 e. The maximum absolute atomic E-state index is 14.4. The molecule has 0 radical (unpaired) electrons. The molecule has 0 spiro atoms. The molecule has 412 valence electrons.